The first kappa shape index (κ1) is 10.7. The Bertz CT molecular complexity index is 346. The number of carbonyl (C=O) groups is 1. The SMILES string of the molecule is CCc1ncc(C(F)(F)F)cc1C=O. The van der Waals surface area contributed by atoms with Gasteiger partial charge in [0, 0.05) is 11.8 Å². The lowest BCUT2D eigenvalue weighted by Crippen LogP contribution is -2.08. The number of hydrogen-bond donors (Lipinski definition) is 0. The van der Waals surface area contributed by atoms with Gasteiger partial charge >= 0.3 is 6.18 Å². The van der Waals surface area contributed by atoms with Crippen LogP contribution in [-0.4, -0.2) is 11.3 Å². The number of alkyl halides is 3. The van der Waals surface area contributed by atoms with Crippen molar-refractivity contribution >= 4 is 6.29 Å². The molecule has 0 saturated heterocycles. The summed E-state index contributed by atoms with van der Waals surface area (Å²) in [6.45, 7) is 1.72. The lowest BCUT2D eigenvalue weighted by atomic mass is 10.1. The quantitative estimate of drug-likeness (QED) is 0.691. The van der Waals surface area contributed by atoms with Gasteiger partial charge in [-0.25, -0.2) is 0 Å². The minimum atomic E-state index is -4.45. The molecule has 0 atom stereocenters. The molecular formula is C9H8F3NO. The van der Waals surface area contributed by atoms with Gasteiger partial charge in [0.15, 0.2) is 6.29 Å². The van der Waals surface area contributed by atoms with Crippen LogP contribution in [0.15, 0.2) is 12.3 Å². The van der Waals surface area contributed by atoms with Crippen molar-refractivity contribution in [1.82, 2.24) is 4.98 Å². The molecule has 0 aliphatic rings. The van der Waals surface area contributed by atoms with Crippen molar-refractivity contribution in [3.63, 3.8) is 0 Å². The number of halogens is 3. The fraction of sp³-hybridized carbons (Fsp3) is 0.333. The molecule has 1 aromatic heterocycles. The molecule has 0 aromatic carbocycles. The van der Waals surface area contributed by atoms with Crippen molar-refractivity contribution in [3.05, 3.63) is 29.1 Å². The maximum atomic E-state index is 12.2. The van der Waals surface area contributed by atoms with E-state index in [0.717, 1.165) is 12.3 Å². The van der Waals surface area contributed by atoms with E-state index in [1.165, 1.54) is 0 Å². The van der Waals surface area contributed by atoms with E-state index in [4.69, 9.17) is 0 Å². The first-order chi connectivity index (χ1) is 6.49. The molecule has 0 aliphatic carbocycles. The molecule has 1 heterocycles. The van der Waals surface area contributed by atoms with E-state index in [1.807, 2.05) is 0 Å². The van der Waals surface area contributed by atoms with E-state index >= 15 is 0 Å². The van der Waals surface area contributed by atoms with Gasteiger partial charge in [-0.1, -0.05) is 6.92 Å². The van der Waals surface area contributed by atoms with E-state index in [1.54, 1.807) is 6.92 Å². The van der Waals surface area contributed by atoms with Gasteiger partial charge in [-0.05, 0) is 12.5 Å². The highest BCUT2D eigenvalue weighted by Crippen LogP contribution is 2.29. The number of aldehydes is 1. The highest BCUT2D eigenvalue weighted by atomic mass is 19.4. The van der Waals surface area contributed by atoms with Crippen LogP contribution in [0.5, 0.6) is 0 Å². The summed E-state index contributed by atoms with van der Waals surface area (Å²) in [5, 5.41) is 0. The van der Waals surface area contributed by atoms with Crippen LogP contribution in [-0.2, 0) is 12.6 Å². The van der Waals surface area contributed by atoms with Crippen LogP contribution in [0.4, 0.5) is 13.2 Å². The van der Waals surface area contributed by atoms with E-state index in [9.17, 15) is 18.0 Å². The summed E-state index contributed by atoms with van der Waals surface area (Å²) in [4.78, 5) is 14.0. The number of hydrogen-bond acceptors (Lipinski definition) is 2. The molecule has 14 heavy (non-hydrogen) atoms. The normalized spacial score (nSPS) is 11.4. The molecule has 0 unspecified atom stereocenters. The Kier molecular flexibility index (Phi) is 2.88. The second-order valence-corrected chi connectivity index (χ2v) is 2.73. The Morgan fingerprint density at radius 2 is 2.14 bits per heavy atom. The van der Waals surface area contributed by atoms with Gasteiger partial charge in [0.25, 0.3) is 0 Å². The van der Waals surface area contributed by atoms with Gasteiger partial charge in [0.2, 0.25) is 0 Å². The summed E-state index contributed by atoms with van der Waals surface area (Å²) in [6.07, 6.45) is -2.88. The van der Waals surface area contributed by atoms with Gasteiger partial charge in [-0.3, -0.25) is 9.78 Å². The maximum absolute atomic E-state index is 12.2. The number of carbonyl (C=O) groups excluding carboxylic acids is 1. The van der Waals surface area contributed by atoms with Crippen molar-refractivity contribution in [1.29, 1.82) is 0 Å². The Morgan fingerprint density at radius 1 is 1.50 bits per heavy atom. The number of aromatic nitrogens is 1. The largest absolute Gasteiger partial charge is 0.417 e. The molecule has 76 valence electrons. The average Bonchev–Trinajstić information content (AvgIpc) is 2.15. The fourth-order valence-electron chi connectivity index (χ4n) is 1.06. The lowest BCUT2D eigenvalue weighted by Gasteiger charge is -2.08. The number of rotatable bonds is 2. The fourth-order valence-corrected chi connectivity index (χ4v) is 1.06. The first-order valence-corrected chi connectivity index (χ1v) is 4.00. The molecule has 0 N–H and O–H groups in total. The van der Waals surface area contributed by atoms with E-state index in [-0.39, 0.29) is 5.56 Å². The van der Waals surface area contributed by atoms with Gasteiger partial charge in [0.1, 0.15) is 0 Å². The molecule has 0 radical (unpaired) electrons. The standard InChI is InChI=1S/C9H8F3NO/c1-2-8-6(5-14)3-7(4-13-8)9(10,11)12/h3-5H,2H2,1H3. The smallest absolute Gasteiger partial charge is 0.298 e. The third-order valence-electron chi connectivity index (χ3n) is 1.79. The molecule has 5 heteroatoms. The summed E-state index contributed by atoms with van der Waals surface area (Å²) in [5.74, 6) is 0. The van der Waals surface area contributed by atoms with Crippen LogP contribution in [0.2, 0.25) is 0 Å². The predicted molar refractivity (Wildman–Crippen MR) is 44.0 cm³/mol. The van der Waals surface area contributed by atoms with E-state index in [0.29, 0.717) is 18.4 Å². The van der Waals surface area contributed by atoms with Crippen molar-refractivity contribution in [2.75, 3.05) is 0 Å². The van der Waals surface area contributed by atoms with E-state index in [2.05, 4.69) is 4.98 Å². The van der Waals surface area contributed by atoms with Crippen LogP contribution in [0.3, 0.4) is 0 Å². The van der Waals surface area contributed by atoms with Crippen molar-refractivity contribution < 1.29 is 18.0 Å². The molecule has 0 fully saturated rings. The second kappa shape index (κ2) is 3.77. The molecule has 2 nitrogen and oxygen atoms in total. The lowest BCUT2D eigenvalue weighted by molar-refractivity contribution is -0.137. The molecule has 0 bridgehead atoms. The first-order valence-electron chi connectivity index (χ1n) is 4.00. The predicted octanol–water partition coefficient (Wildman–Crippen LogP) is 2.48. The highest BCUT2D eigenvalue weighted by Gasteiger charge is 2.31. The molecular weight excluding hydrogens is 195 g/mol. The number of pyridine rings is 1. The zero-order chi connectivity index (χ0) is 10.8. The number of aryl methyl sites for hydroxylation is 1. The Hall–Kier alpha value is -1.39. The zero-order valence-electron chi connectivity index (χ0n) is 7.43. The van der Waals surface area contributed by atoms with Gasteiger partial charge in [-0.2, -0.15) is 13.2 Å². The molecule has 0 saturated carbocycles. The van der Waals surface area contributed by atoms with Crippen LogP contribution in [0.1, 0.15) is 28.5 Å². The van der Waals surface area contributed by atoms with Crippen molar-refractivity contribution in [3.8, 4) is 0 Å². The van der Waals surface area contributed by atoms with Crippen LogP contribution < -0.4 is 0 Å². The summed E-state index contributed by atoms with van der Waals surface area (Å²) in [7, 11) is 0. The van der Waals surface area contributed by atoms with E-state index < -0.39 is 11.7 Å². The summed E-state index contributed by atoms with van der Waals surface area (Å²) >= 11 is 0. The Morgan fingerprint density at radius 3 is 2.57 bits per heavy atom. The number of nitrogens with zero attached hydrogens (tertiary/aromatic N) is 1. The average molecular weight is 203 g/mol. The molecule has 0 amide bonds. The minimum Gasteiger partial charge on any atom is -0.298 e. The van der Waals surface area contributed by atoms with Crippen LogP contribution in [0.25, 0.3) is 0 Å². The van der Waals surface area contributed by atoms with Gasteiger partial charge < -0.3 is 0 Å². The summed E-state index contributed by atoms with van der Waals surface area (Å²) < 4.78 is 36.6. The molecule has 1 rings (SSSR count). The molecule has 1 aromatic rings. The van der Waals surface area contributed by atoms with Crippen molar-refractivity contribution in [2.45, 2.75) is 19.5 Å². The highest BCUT2D eigenvalue weighted by molar-refractivity contribution is 5.76. The third-order valence-corrected chi connectivity index (χ3v) is 1.79. The Labute approximate surface area is 78.8 Å². The monoisotopic (exact) mass is 203 g/mol. The van der Waals surface area contributed by atoms with Crippen LogP contribution in [0, 0.1) is 0 Å². The molecule has 0 spiro atoms. The topological polar surface area (TPSA) is 30.0 Å². The van der Waals surface area contributed by atoms with Crippen molar-refractivity contribution in [2.24, 2.45) is 0 Å². The zero-order valence-corrected chi connectivity index (χ0v) is 7.43. The third kappa shape index (κ3) is 2.10. The molecule has 0 aliphatic heterocycles. The maximum Gasteiger partial charge on any atom is 0.417 e. The van der Waals surface area contributed by atoms with Gasteiger partial charge in [0.05, 0.1) is 11.3 Å². The van der Waals surface area contributed by atoms with Crippen LogP contribution >= 0.6 is 0 Å². The summed E-state index contributed by atoms with van der Waals surface area (Å²) in [5.41, 5.74) is -0.507. The minimum absolute atomic E-state index is 0.00215. The summed E-state index contributed by atoms with van der Waals surface area (Å²) in [6, 6.07) is 0.818. The second-order valence-electron chi connectivity index (χ2n) is 2.73. The van der Waals surface area contributed by atoms with Gasteiger partial charge in [-0.15, -0.1) is 0 Å². The Balaban J connectivity index is 3.21.